The molecular weight excluding hydrogens is 310 g/mol. The summed E-state index contributed by atoms with van der Waals surface area (Å²) in [6.45, 7) is 1.80. The van der Waals surface area contributed by atoms with Crippen LogP contribution in [0.2, 0.25) is 0 Å². The molecule has 0 unspecified atom stereocenters. The van der Waals surface area contributed by atoms with Gasteiger partial charge in [-0.05, 0) is 18.6 Å². The molecule has 7 nitrogen and oxygen atoms in total. The standard InChI is InChI=1S/C17H21N3O4/c1-23-15-5-2-4-13-12-19(8-3-11-24-16(13)15)17(22)14-6-7-18-20(14)9-10-21/h2,4-7,21H,3,8-12H2,1H3. The minimum Gasteiger partial charge on any atom is -0.493 e. The highest BCUT2D eigenvalue weighted by molar-refractivity contribution is 5.92. The zero-order valence-electron chi connectivity index (χ0n) is 13.6. The molecule has 0 atom stereocenters. The maximum Gasteiger partial charge on any atom is 0.272 e. The molecule has 0 fully saturated rings. The van der Waals surface area contributed by atoms with Crippen molar-refractivity contribution in [2.24, 2.45) is 0 Å². The highest BCUT2D eigenvalue weighted by Crippen LogP contribution is 2.33. The molecule has 3 rings (SSSR count). The van der Waals surface area contributed by atoms with Crippen LogP contribution in [0.25, 0.3) is 0 Å². The average Bonchev–Trinajstić information content (AvgIpc) is 3.03. The Morgan fingerprint density at radius 2 is 2.29 bits per heavy atom. The lowest BCUT2D eigenvalue weighted by atomic mass is 10.1. The number of methoxy groups -OCH3 is 1. The molecule has 1 aliphatic heterocycles. The molecule has 24 heavy (non-hydrogen) atoms. The van der Waals surface area contributed by atoms with Crippen molar-refractivity contribution in [1.29, 1.82) is 0 Å². The number of aliphatic hydroxyl groups is 1. The van der Waals surface area contributed by atoms with Crippen LogP contribution in [0, 0.1) is 0 Å². The lowest BCUT2D eigenvalue weighted by Crippen LogP contribution is -2.35. The van der Waals surface area contributed by atoms with E-state index in [0.29, 0.717) is 43.4 Å². The number of para-hydroxylation sites is 1. The van der Waals surface area contributed by atoms with Gasteiger partial charge in [-0.2, -0.15) is 5.10 Å². The van der Waals surface area contributed by atoms with Crippen molar-refractivity contribution >= 4 is 5.91 Å². The van der Waals surface area contributed by atoms with Crippen molar-refractivity contribution in [3.8, 4) is 11.5 Å². The van der Waals surface area contributed by atoms with E-state index in [4.69, 9.17) is 14.6 Å². The molecule has 7 heteroatoms. The smallest absolute Gasteiger partial charge is 0.272 e. The SMILES string of the molecule is COc1cccc2c1OCCCN(C(=O)c1ccnn1CCO)C2. The molecule has 1 aromatic heterocycles. The van der Waals surface area contributed by atoms with Gasteiger partial charge in [0.15, 0.2) is 11.5 Å². The van der Waals surface area contributed by atoms with Gasteiger partial charge in [0.2, 0.25) is 0 Å². The summed E-state index contributed by atoms with van der Waals surface area (Å²) in [7, 11) is 1.61. The molecule has 1 N–H and O–H groups in total. The van der Waals surface area contributed by atoms with Gasteiger partial charge in [-0.25, -0.2) is 0 Å². The second-order valence-electron chi connectivity index (χ2n) is 5.54. The zero-order chi connectivity index (χ0) is 16.9. The summed E-state index contributed by atoms with van der Waals surface area (Å²) < 4.78 is 12.7. The summed E-state index contributed by atoms with van der Waals surface area (Å²) in [4.78, 5) is 14.7. The highest BCUT2D eigenvalue weighted by Gasteiger charge is 2.23. The summed E-state index contributed by atoms with van der Waals surface area (Å²) >= 11 is 0. The Bertz CT molecular complexity index is 714. The molecule has 0 radical (unpaired) electrons. The number of hydrogen-bond donors (Lipinski definition) is 1. The molecule has 2 heterocycles. The summed E-state index contributed by atoms with van der Waals surface area (Å²) in [5.74, 6) is 1.27. The summed E-state index contributed by atoms with van der Waals surface area (Å²) in [5.41, 5.74) is 1.39. The molecule has 2 aromatic rings. The van der Waals surface area contributed by atoms with Gasteiger partial charge in [0.25, 0.3) is 5.91 Å². The van der Waals surface area contributed by atoms with E-state index in [2.05, 4.69) is 5.10 Å². The van der Waals surface area contributed by atoms with Crippen LogP contribution in [-0.2, 0) is 13.1 Å². The van der Waals surface area contributed by atoms with E-state index in [-0.39, 0.29) is 12.5 Å². The minimum absolute atomic E-state index is 0.0597. The van der Waals surface area contributed by atoms with Crippen LogP contribution in [0.5, 0.6) is 11.5 Å². The number of ether oxygens (including phenoxy) is 2. The van der Waals surface area contributed by atoms with Crippen LogP contribution >= 0.6 is 0 Å². The number of fused-ring (bicyclic) bond motifs is 1. The number of nitrogens with zero attached hydrogens (tertiary/aromatic N) is 3. The summed E-state index contributed by atoms with van der Waals surface area (Å²) in [6.07, 6.45) is 2.31. The van der Waals surface area contributed by atoms with Crippen LogP contribution in [0.3, 0.4) is 0 Å². The monoisotopic (exact) mass is 331 g/mol. The number of hydrogen-bond acceptors (Lipinski definition) is 5. The third kappa shape index (κ3) is 3.21. The molecular formula is C17H21N3O4. The zero-order valence-corrected chi connectivity index (χ0v) is 13.6. The van der Waals surface area contributed by atoms with Gasteiger partial charge in [0.1, 0.15) is 5.69 Å². The number of rotatable bonds is 4. The summed E-state index contributed by atoms with van der Waals surface area (Å²) in [5, 5.41) is 13.2. The van der Waals surface area contributed by atoms with Crippen molar-refractivity contribution in [3.63, 3.8) is 0 Å². The first kappa shape index (κ1) is 16.3. The fraction of sp³-hybridized carbons (Fsp3) is 0.412. The summed E-state index contributed by atoms with van der Waals surface area (Å²) in [6, 6.07) is 7.36. The lowest BCUT2D eigenvalue weighted by molar-refractivity contribution is 0.0707. The van der Waals surface area contributed by atoms with E-state index in [1.54, 1.807) is 24.3 Å². The minimum atomic E-state index is -0.100. The second kappa shape index (κ2) is 7.35. The third-order valence-electron chi connectivity index (χ3n) is 4.00. The Balaban J connectivity index is 1.88. The van der Waals surface area contributed by atoms with Gasteiger partial charge in [0.05, 0.1) is 26.9 Å². The molecule has 0 bridgehead atoms. The van der Waals surface area contributed by atoms with Crippen molar-refractivity contribution in [1.82, 2.24) is 14.7 Å². The van der Waals surface area contributed by atoms with Crippen LogP contribution < -0.4 is 9.47 Å². The maximum atomic E-state index is 12.9. The van der Waals surface area contributed by atoms with E-state index in [1.807, 2.05) is 18.2 Å². The van der Waals surface area contributed by atoms with Crippen molar-refractivity contribution < 1.29 is 19.4 Å². The molecule has 1 aromatic carbocycles. The topological polar surface area (TPSA) is 76.8 Å². The first-order valence-corrected chi connectivity index (χ1v) is 7.95. The molecule has 0 saturated heterocycles. The van der Waals surface area contributed by atoms with Crippen LogP contribution in [-0.4, -0.2) is 52.6 Å². The van der Waals surface area contributed by atoms with Crippen molar-refractivity contribution in [2.75, 3.05) is 26.9 Å². The van der Waals surface area contributed by atoms with E-state index < -0.39 is 0 Å². The van der Waals surface area contributed by atoms with E-state index >= 15 is 0 Å². The number of aromatic nitrogens is 2. The van der Waals surface area contributed by atoms with Gasteiger partial charge in [-0.15, -0.1) is 0 Å². The number of amides is 1. The van der Waals surface area contributed by atoms with Gasteiger partial charge in [0, 0.05) is 24.8 Å². The van der Waals surface area contributed by atoms with Crippen molar-refractivity contribution in [3.05, 3.63) is 41.7 Å². The van der Waals surface area contributed by atoms with Crippen LogP contribution in [0.4, 0.5) is 0 Å². The second-order valence-corrected chi connectivity index (χ2v) is 5.54. The average molecular weight is 331 g/mol. The predicted octanol–water partition coefficient (Wildman–Crippen LogP) is 1.31. The molecule has 1 aliphatic rings. The third-order valence-corrected chi connectivity index (χ3v) is 4.00. The fourth-order valence-corrected chi connectivity index (χ4v) is 2.85. The van der Waals surface area contributed by atoms with Crippen molar-refractivity contribution in [2.45, 2.75) is 19.5 Å². The van der Waals surface area contributed by atoms with Gasteiger partial charge in [-0.1, -0.05) is 12.1 Å². The molecule has 128 valence electrons. The normalized spacial score (nSPS) is 14.3. The number of aliphatic hydroxyl groups excluding tert-OH is 1. The molecule has 0 aliphatic carbocycles. The number of benzene rings is 1. The Kier molecular flexibility index (Phi) is 5.00. The lowest BCUT2D eigenvalue weighted by Gasteiger charge is -2.27. The van der Waals surface area contributed by atoms with E-state index in [1.165, 1.54) is 4.68 Å². The number of carbonyl (C=O) groups is 1. The van der Waals surface area contributed by atoms with Gasteiger partial charge >= 0.3 is 0 Å². The van der Waals surface area contributed by atoms with Gasteiger partial charge in [-0.3, -0.25) is 9.48 Å². The van der Waals surface area contributed by atoms with Crippen LogP contribution in [0.1, 0.15) is 22.5 Å². The Morgan fingerprint density at radius 1 is 1.42 bits per heavy atom. The molecule has 1 amide bonds. The first-order valence-electron chi connectivity index (χ1n) is 7.95. The highest BCUT2D eigenvalue weighted by atomic mass is 16.5. The predicted molar refractivity (Wildman–Crippen MR) is 87.2 cm³/mol. The quantitative estimate of drug-likeness (QED) is 0.914. The Morgan fingerprint density at radius 3 is 3.08 bits per heavy atom. The molecule has 0 spiro atoms. The largest absolute Gasteiger partial charge is 0.493 e. The Labute approximate surface area is 140 Å². The van der Waals surface area contributed by atoms with Gasteiger partial charge < -0.3 is 19.5 Å². The Hall–Kier alpha value is -2.54. The van der Waals surface area contributed by atoms with E-state index in [0.717, 1.165) is 12.0 Å². The number of carbonyl (C=O) groups excluding carboxylic acids is 1. The molecule has 0 saturated carbocycles. The fourth-order valence-electron chi connectivity index (χ4n) is 2.85. The van der Waals surface area contributed by atoms with Crippen LogP contribution in [0.15, 0.2) is 30.5 Å². The van der Waals surface area contributed by atoms with E-state index in [9.17, 15) is 4.79 Å². The maximum absolute atomic E-state index is 12.9. The first-order chi connectivity index (χ1) is 11.7.